The summed E-state index contributed by atoms with van der Waals surface area (Å²) in [7, 11) is 0.640. The van der Waals surface area contributed by atoms with Crippen LogP contribution in [0.3, 0.4) is 0 Å². The van der Waals surface area contributed by atoms with Crippen LogP contribution in [0.2, 0.25) is 18.1 Å². The largest absolute Gasteiger partial charge is 0.493 e. The van der Waals surface area contributed by atoms with Gasteiger partial charge in [-0.2, -0.15) is 0 Å². The van der Waals surface area contributed by atoms with Crippen molar-refractivity contribution < 1.29 is 56.6 Å². The normalized spacial score (nSPS) is 13.3. The van der Waals surface area contributed by atoms with Crippen molar-refractivity contribution in [1.82, 2.24) is 0 Å². The van der Waals surface area contributed by atoms with Crippen LogP contribution in [0.1, 0.15) is 167 Å². The third kappa shape index (κ3) is 25.6. The molecule has 0 aliphatic heterocycles. The summed E-state index contributed by atoms with van der Waals surface area (Å²) in [5.41, 5.74) is 7.17. The van der Waals surface area contributed by atoms with Crippen molar-refractivity contribution in [3.8, 4) is 17.2 Å². The molecule has 0 heterocycles. The Hall–Kier alpha value is -7.10. The molecule has 0 amide bonds. The van der Waals surface area contributed by atoms with Crippen molar-refractivity contribution in [2.45, 2.75) is 212 Å². The van der Waals surface area contributed by atoms with Gasteiger partial charge < -0.3 is 47.1 Å². The molecule has 7 rings (SSSR count). The average Bonchev–Trinajstić information content (AvgIpc) is 1.02. The van der Waals surface area contributed by atoms with Crippen molar-refractivity contribution in [1.29, 1.82) is 0 Å². The standard InChI is InChI=1S/C80H104O12Si/c1-62(38-25-18-16-14-12-10-9-11-13-15-17-19-36-49-69-50-37-51-71(86-56-64-41-28-21-29-42-64)74(69)78(81)90-59-67-47-34-24-35-48-67)91-79(82)77(89-60-68-52-53-70(83-5)72(54-68)84-6)76(88-58-66-45-32-23-33-46-66)75(87-57-65-43-30-22-31-44-65)73(92-93(7,8)80(2,3)4)61-85-55-63-39-26-20-27-40-63/h20-24,26-35,37,39-48,50-54,62,73,75-77H,9-19,25,36,38,49,55-61H2,1-8H3/t62-,73-,75-,76+,77-/m1/s1. The molecule has 500 valence electrons. The van der Waals surface area contributed by atoms with Gasteiger partial charge in [0.15, 0.2) is 25.9 Å². The minimum atomic E-state index is -2.56. The highest BCUT2D eigenvalue weighted by Crippen LogP contribution is 2.39. The quantitative estimate of drug-likeness (QED) is 0.0205. The first-order valence-corrected chi connectivity index (χ1v) is 36.7. The van der Waals surface area contributed by atoms with Crippen LogP contribution < -0.4 is 14.2 Å². The highest BCUT2D eigenvalue weighted by atomic mass is 28.4. The van der Waals surface area contributed by atoms with E-state index in [1.54, 1.807) is 14.2 Å². The zero-order valence-corrected chi connectivity index (χ0v) is 57.7. The lowest BCUT2D eigenvalue weighted by molar-refractivity contribution is -0.203. The number of unbranched alkanes of at least 4 members (excludes halogenated alkanes) is 12. The molecule has 0 saturated heterocycles. The van der Waals surface area contributed by atoms with E-state index in [4.69, 9.17) is 47.1 Å². The molecule has 0 unspecified atom stereocenters. The third-order valence-corrected chi connectivity index (χ3v) is 22.0. The zero-order valence-electron chi connectivity index (χ0n) is 56.7. The molecule has 0 radical (unpaired) electrons. The fourth-order valence-corrected chi connectivity index (χ4v) is 12.4. The molecule has 13 heteroatoms. The van der Waals surface area contributed by atoms with Crippen LogP contribution >= 0.6 is 0 Å². The minimum absolute atomic E-state index is 0.0333. The molecule has 0 aromatic heterocycles. The van der Waals surface area contributed by atoms with E-state index < -0.39 is 38.7 Å². The summed E-state index contributed by atoms with van der Waals surface area (Å²) in [4.78, 5) is 28.9. The lowest BCUT2D eigenvalue weighted by atomic mass is 9.99. The SMILES string of the molecule is COc1ccc(CO[C@@H](C(=O)O[C@H](C)CCCCCCCCCCCCCCCc2cccc(OCc3ccccc3)c2C(=O)OCc2ccccc2)[C@@H](OCc2ccccc2)[C@H](OCc2ccccc2)[C@@H](COCc2ccccc2)O[Si](C)(C)C(C)(C)C)cc1OC. The van der Waals surface area contributed by atoms with Crippen LogP contribution in [-0.4, -0.2) is 71.6 Å². The number of esters is 2. The van der Waals surface area contributed by atoms with Gasteiger partial charge in [-0.1, -0.05) is 261 Å². The Morgan fingerprint density at radius 1 is 0.452 bits per heavy atom. The fourth-order valence-electron chi connectivity index (χ4n) is 11.1. The summed E-state index contributed by atoms with van der Waals surface area (Å²) in [5, 5.41) is -0.177. The Kier molecular flexibility index (Phi) is 31.7. The highest BCUT2D eigenvalue weighted by Gasteiger charge is 2.47. The van der Waals surface area contributed by atoms with Gasteiger partial charge in [-0.15, -0.1) is 0 Å². The van der Waals surface area contributed by atoms with Gasteiger partial charge in [0.2, 0.25) is 0 Å². The Labute approximate surface area is 557 Å². The topological polar surface area (TPSA) is 126 Å². The number of carbonyl (C=O) groups excluding carboxylic acids is 2. The smallest absolute Gasteiger partial charge is 0.342 e. The number of carbonyl (C=O) groups is 2. The van der Waals surface area contributed by atoms with Gasteiger partial charge in [0.1, 0.15) is 36.7 Å². The van der Waals surface area contributed by atoms with E-state index in [1.807, 2.05) is 195 Å². The molecule has 0 fully saturated rings. The number of ether oxygens (including phenoxy) is 9. The Balaban J connectivity index is 0.929. The highest BCUT2D eigenvalue weighted by molar-refractivity contribution is 6.74. The molecule has 0 bridgehead atoms. The first-order chi connectivity index (χ1) is 45.2. The summed E-state index contributed by atoms with van der Waals surface area (Å²) >= 11 is 0. The second kappa shape index (κ2) is 40.2. The number of methoxy groups -OCH3 is 2. The molecular weight excluding hydrogens is 1180 g/mol. The maximum atomic E-state index is 15.2. The maximum Gasteiger partial charge on any atom is 0.342 e. The second-order valence-electron chi connectivity index (χ2n) is 25.9. The summed E-state index contributed by atoms with van der Waals surface area (Å²) < 4.78 is 64.9. The van der Waals surface area contributed by atoms with Crippen molar-refractivity contribution in [2.24, 2.45) is 0 Å². The van der Waals surface area contributed by atoms with E-state index in [9.17, 15) is 4.79 Å². The Morgan fingerprint density at radius 2 is 0.914 bits per heavy atom. The summed E-state index contributed by atoms with van der Waals surface area (Å²) in [6.45, 7) is 14.6. The summed E-state index contributed by atoms with van der Waals surface area (Å²) in [6.07, 6.45) is 12.2. The molecule has 93 heavy (non-hydrogen) atoms. The number of rotatable bonds is 44. The fraction of sp³-hybridized carbons (Fsp3) is 0.450. The molecule has 0 spiro atoms. The van der Waals surface area contributed by atoms with Crippen molar-refractivity contribution in [3.63, 3.8) is 0 Å². The van der Waals surface area contributed by atoms with E-state index >= 15 is 4.79 Å². The number of hydrogen-bond donors (Lipinski definition) is 0. The lowest BCUT2D eigenvalue weighted by Gasteiger charge is -2.43. The first-order valence-electron chi connectivity index (χ1n) is 33.8. The predicted molar refractivity (Wildman–Crippen MR) is 373 cm³/mol. The molecule has 7 aromatic carbocycles. The van der Waals surface area contributed by atoms with E-state index in [2.05, 4.69) is 33.9 Å². The average molecular weight is 1290 g/mol. The first kappa shape index (κ1) is 73.3. The van der Waals surface area contributed by atoms with Crippen LogP contribution in [0.4, 0.5) is 0 Å². The maximum absolute atomic E-state index is 15.2. The molecule has 7 aromatic rings. The molecular formula is C80H104O12Si. The molecule has 0 aliphatic rings. The van der Waals surface area contributed by atoms with Crippen LogP contribution in [-0.2, 0) is 83.7 Å². The van der Waals surface area contributed by atoms with Gasteiger partial charge in [-0.05, 0) is 108 Å². The Bertz CT molecular complexity index is 3180. The van der Waals surface area contributed by atoms with Crippen LogP contribution in [0.25, 0.3) is 0 Å². The van der Waals surface area contributed by atoms with Crippen LogP contribution in [0.15, 0.2) is 188 Å². The predicted octanol–water partition coefficient (Wildman–Crippen LogP) is 18.9. The van der Waals surface area contributed by atoms with Crippen molar-refractivity contribution in [3.05, 3.63) is 233 Å². The number of aryl methyl sites for hydroxylation is 1. The van der Waals surface area contributed by atoms with Crippen molar-refractivity contribution >= 4 is 20.3 Å². The zero-order chi connectivity index (χ0) is 65.9. The molecule has 0 aliphatic carbocycles. The van der Waals surface area contributed by atoms with Crippen molar-refractivity contribution in [2.75, 3.05) is 20.8 Å². The third-order valence-electron chi connectivity index (χ3n) is 17.5. The number of benzene rings is 7. The Morgan fingerprint density at radius 3 is 1.43 bits per heavy atom. The van der Waals surface area contributed by atoms with Crippen LogP contribution in [0.5, 0.6) is 17.2 Å². The van der Waals surface area contributed by atoms with E-state index in [1.165, 1.54) is 51.4 Å². The minimum Gasteiger partial charge on any atom is -0.493 e. The molecule has 12 nitrogen and oxygen atoms in total. The number of hydrogen-bond acceptors (Lipinski definition) is 12. The van der Waals surface area contributed by atoms with Crippen LogP contribution in [0, 0.1) is 0 Å². The van der Waals surface area contributed by atoms with Gasteiger partial charge in [0.25, 0.3) is 0 Å². The van der Waals surface area contributed by atoms with Gasteiger partial charge >= 0.3 is 11.9 Å². The van der Waals surface area contributed by atoms with E-state index in [0.717, 1.165) is 77.5 Å². The molecule has 0 N–H and O–H groups in total. The monoisotopic (exact) mass is 1280 g/mol. The van der Waals surface area contributed by atoms with Gasteiger partial charge in [-0.25, -0.2) is 9.59 Å². The van der Waals surface area contributed by atoms with Gasteiger partial charge in [0.05, 0.1) is 59.5 Å². The van der Waals surface area contributed by atoms with E-state index in [0.29, 0.717) is 42.4 Å². The summed E-state index contributed by atoms with van der Waals surface area (Å²) in [5.74, 6) is 0.801. The summed E-state index contributed by atoms with van der Waals surface area (Å²) in [6, 6.07) is 61.3. The lowest BCUT2D eigenvalue weighted by Crippen LogP contribution is -2.57. The van der Waals surface area contributed by atoms with E-state index in [-0.39, 0.29) is 50.1 Å². The molecule has 0 saturated carbocycles. The molecule has 5 atom stereocenters. The van der Waals surface area contributed by atoms with Gasteiger partial charge in [0, 0.05) is 0 Å². The van der Waals surface area contributed by atoms with Gasteiger partial charge in [-0.3, -0.25) is 0 Å². The second-order valence-corrected chi connectivity index (χ2v) is 30.6.